The van der Waals surface area contributed by atoms with E-state index >= 15 is 0 Å². The second-order valence-corrected chi connectivity index (χ2v) is 5.44. The standard InChI is InChI=1S/C15H20N2O3/c1-10(2)17(9-14(18)19)15(20)16-13-7-11-5-3-4-6-12(11)8-13/h3-6,10,13H,7-9H2,1-2H3,(H,16,20)(H,18,19). The van der Waals surface area contributed by atoms with Crippen molar-refractivity contribution in [2.45, 2.75) is 38.8 Å². The molecule has 0 atom stereocenters. The minimum atomic E-state index is -0.997. The summed E-state index contributed by atoms with van der Waals surface area (Å²) >= 11 is 0. The monoisotopic (exact) mass is 276 g/mol. The molecule has 0 fully saturated rings. The van der Waals surface area contributed by atoms with E-state index in [1.54, 1.807) is 0 Å². The molecule has 0 saturated carbocycles. The van der Waals surface area contributed by atoms with Gasteiger partial charge in [0.25, 0.3) is 0 Å². The Morgan fingerprint density at radius 2 is 1.85 bits per heavy atom. The molecule has 0 bridgehead atoms. The van der Waals surface area contributed by atoms with Crippen molar-refractivity contribution in [2.75, 3.05) is 6.54 Å². The van der Waals surface area contributed by atoms with Crippen LogP contribution in [0.3, 0.4) is 0 Å². The molecule has 1 aromatic carbocycles. The number of fused-ring (bicyclic) bond motifs is 1. The van der Waals surface area contributed by atoms with E-state index in [0.717, 1.165) is 12.8 Å². The molecule has 0 unspecified atom stereocenters. The van der Waals surface area contributed by atoms with Gasteiger partial charge in [0.15, 0.2) is 0 Å². The largest absolute Gasteiger partial charge is 0.480 e. The van der Waals surface area contributed by atoms with Crippen LogP contribution in [0, 0.1) is 0 Å². The molecule has 1 aliphatic rings. The number of carboxylic acid groups (broad SMARTS) is 1. The van der Waals surface area contributed by atoms with E-state index < -0.39 is 5.97 Å². The van der Waals surface area contributed by atoms with Crippen LogP contribution in [-0.2, 0) is 17.6 Å². The zero-order valence-corrected chi connectivity index (χ0v) is 11.8. The number of rotatable bonds is 4. The molecule has 1 aromatic rings. The van der Waals surface area contributed by atoms with Crippen LogP contribution in [0.1, 0.15) is 25.0 Å². The number of hydrogen-bond donors (Lipinski definition) is 2. The highest BCUT2D eigenvalue weighted by Gasteiger charge is 2.26. The van der Waals surface area contributed by atoms with Crippen molar-refractivity contribution in [1.82, 2.24) is 10.2 Å². The van der Waals surface area contributed by atoms with Gasteiger partial charge in [-0.2, -0.15) is 0 Å². The summed E-state index contributed by atoms with van der Waals surface area (Å²) in [7, 11) is 0. The maximum atomic E-state index is 12.2. The molecule has 0 aliphatic heterocycles. The molecule has 1 aliphatic carbocycles. The molecule has 0 radical (unpaired) electrons. The summed E-state index contributed by atoms with van der Waals surface area (Å²) in [6.45, 7) is 3.35. The van der Waals surface area contributed by atoms with E-state index in [4.69, 9.17) is 5.11 Å². The first-order valence-electron chi connectivity index (χ1n) is 6.83. The summed E-state index contributed by atoms with van der Waals surface area (Å²) in [5, 5.41) is 11.8. The highest BCUT2D eigenvalue weighted by molar-refractivity contribution is 5.80. The lowest BCUT2D eigenvalue weighted by atomic mass is 10.1. The van der Waals surface area contributed by atoms with Gasteiger partial charge in [0, 0.05) is 12.1 Å². The Bertz CT molecular complexity index is 489. The third-order valence-corrected chi connectivity index (χ3v) is 3.57. The number of carbonyl (C=O) groups excluding carboxylic acids is 1. The van der Waals surface area contributed by atoms with Crippen molar-refractivity contribution < 1.29 is 14.7 Å². The minimum Gasteiger partial charge on any atom is -0.480 e. The predicted molar refractivity (Wildman–Crippen MR) is 75.6 cm³/mol. The molecule has 5 nitrogen and oxygen atoms in total. The summed E-state index contributed by atoms with van der Waals surface area (Å²) in [5.74, 6) is -0.997. The van der Waals surface area contributed by atoms with Crippen molar-refractivity contribution in [2.24, 2.45) is 0 Å². The summed E-state index contributed by atoms with van der Waals surface area (Å²) in [4.78, 5) is 24.3. The summed E-state index contributed by atoms with van der Waals surface area (Å²) in [6, 6.07) is 7.73. The van der Waals surface area contributed by atoms with Gasteiger partial charge in [-0.3, -0.25) is 4.79 Å². The van der Waals surface area contributed by atoms with Crippen LogP contribution in [-0.4, -0.2) is 40.6 Å². The number of hydrogen-bond acceptors (Lipinski definition) is 2. The Kier molecular flexibility index (Phi) is 4.27. The fraction of sp³-hybridized carbons (Fsp3) is 0.467. The highest BCUT2D eigenvalue weighted by Crippen LogP contribution is 2.21. The van der Waals surface area contributed by atoms with Crippen molar-refractivity contribution in [1.29, 1.82) is 0 Å². The maximum absolute atomic E-state index is 12.2. The average Bonchev–Trinajstić information content (AvgIpc) is 2.77. The molecule has 0 spiro atoms. The molecule has 2 rings (SSSR count). The molecule has 20 heavy (non-hydrogen) atoms. The Morgan fingerprint density at radius 1 is 1.30 bits per heavy atom. The second-order valence-electron chi connectivity index (χ2n) is 5.44. The van der Waals surface area contributed by atoms with Crippen LogP contribution in [0.4, 0.5) is 4.79 Å². The minimum absolute atomic E-state index is 0.0509. The highest BCUT2D eigenvalue weighted by atomic mass is 16.4. The third-order valence-electron chi connectivity index (χ3n) is 3.57. The number of amides is 2. The molecular formula is C15H20N2O3. The van der Waals surface area contributed by atoms with Gasteiger partial charge in [0.1, 0.15) is 6.54 Å². The number of benzene rings is 1. The lowest BCUT2D eigenvalue weighted by Crippen LogP contribution is -2.49. The van der Waals surface area contributed by atoms with Crippen LogP contribution < -0.4 is 5.32 Å². The van der Waals surface area contributed by atoms with Gasteiger partial charge in [-0.05, 0) is 37.8 Å². The average molecular weight is 276 g/mol. The fourth-order valence-corrected chi connectivity index (χ4v) is 2.55. The van der Waals surface area contributed by atoms with Gasteiger partial charge >= 0.3 is 12.0 Å². The Labute approximate surface area is 118 Å². The molecule has 0 heterocycles. The van der Waals surface area contributed by atoms with E-state index in [9.17, 15) is 9.59 Å². The third kappa shape index (κ3) is 3.29. The van der Waals surface area contributed by atoms with E-state index in [1.165, 1.54) is 16.0 Å². The molecule has 108 valence electrons. The normalized spacial score (nSPS) is 14.2. The van der Waals surface area contributed by atoms with Gasteiger partial charge in [0.05, 0.1) is 0 Å². The lowest BCUT2D eigenvalue weighted by molar-refractivity contribution is -0.138. The van der Waals surface area contributed by atoms with E-state index in [0.29, 0.717) is 0 Å². The Morgan fingerprint density at radius 3 is 2.30 bits per heavy atom. The van der Waals surface area contributed by atoms with E-state index in [-0.39, 0.29) is 24.7 Å². The van der Waals surface area contributed by atoms with Gasteiger partial charge < -0.3 is 15.3 Å². The number of carbonyl (C=O) groups is 2. The van der Waals surface area contributed by atoms with Crippen LogP contribution in [0.15, 0.2) is 24.3 Å². The molecule has 5 heteroatoms. The maximum Gasteiger partial charge on any atom is 0.323 e. The Hall–Kier alpha value is -2.04. The predicted octanol–water partition coefficient (Wildman–Crippen LogP) is 1.66. The summed E-state index contributed by atoms with van der Waals surface area (Å²) in [5.41, 5.74) is 2.51. The zero-order valence-electron chi connectivity index (χ0n) is 11.8. The molecule has 2 amide bonds. The molecule has 0 aromatic heterocycles. The summed E-state index contributed by atoms with van der Waals surface area (Å²) < 4.78 is 0. The quantitative estimate of drug-likeness (QED) is 0.878. The Balaban J connectivity index is 1.97. The number of urea groups is 1. The van der Waals surface area contributed by atoms with Gasteiger partial charge in [-0.25, -0.2) is 4.79 Å². The number of nitrogens with zero attached hydrogens (tertiary/aromatic N) is 1. The zero-order chi connectivity index (χ0) is 14.7. The van der Waals surface area contributed by atoms with Crippen molar-refractivity contribution in [3.8, 4) is 0 Å². The van der Waals surface area contributed by atoms with Crippen LogP contribution >= 0.6 is 0 Å². The smallest absolute Gasteiger partial charge is 0.323 e. The SMILES string of the molecule is CC(C)N(CC(=O)O)C(=O)NC1Cc2ccccc2C1. The van der Waals surface area contributed by atoms with Crippen molar-refractivity contribution in [3.05, 3.63) is 35.4 Å². The van der Waals surface area contributed by atoms with Gasteiger partial charge in [0.2, 0.25) is 0 Å². The first kappa shape index (κ1) is 14.4. The summed E-state index contributed by atoms with van der Waals surface area (Å²) in [6.07, 6.45) is 1.61. The first-order valence-corrected chi connectivity index (χ1v) is 6.83. The second kappa shape index (κ2) is 5.94. The van der Waals surface area contributed by atoms with E-state index in [2.05, 4.69) is 17.4 Å². The van der Waals surface area contributed by atoms with Gasteiger partial charge in [-0.1, -0.05) is 24.3 Å². The van der Waals surface area contributed by atoms with Crippen molar-refractivity contribution in [3.63, 3.8) is 0 Å². The van der Waals surface area contributed by atoms with Crippen LogP contribution in [0.25, 0.3) is 0 Å². The number of carboxylic acids is 1. The fourth-order valence-electron chi connectivity index (χ4n) is 2.55. The van der Waals surface area contributed by atoms with E-state index in [1.807, 2.05) is 26.0 Å². The molecule has 2 N–H and O–H groups in total. The lowest BCUT2D eigenvalue weighted by Gasteiger charge is -2.26. The topological polar surface area (TPSA) is 69.6 Å². The van der Waals surface area contributed by atoms with Gasteiger partial charge in [-0.15, -0.1) is 0 Å². The molecule has 0 saturated heterocycles. The van der Waals surface area contributed by atoms with Crippen molar-refractivity contribution >= 4 is 12.0 Å². The molecular weight excluding hydrogens is 256 g/mol. The number of nitrogens with one attached hydrogen (secondary N) is 1. The number of aliphatic carboxylic acids is 1. The van der Waals surface area contributed by atoms with Crippen LogP contribution in [0.2, 0.25) is 0 Å². The first-order chi connectivity index (χ1) is 9.47. The van der Waals surface area contributed by atoms with Crippen LogP contribution in [0.5, 0.6) is 0 Å².